The summed E-state index contributed by atoms with van der Waals surface area (Å²) in [6, 6.07) is 30.0. The number of thiazole rings is 1. The molecule has 0 aliphatic rings. The van der Waals surface area contributed by atoms with E-state index in [9.17, 15) is 14.4 Å². The number of fused-ring (bicyclic) bond motifs is 5. The first-order chi connectivity index (χ1) is 24.9. The molecule has 0 N–H and O–H groups in total. The first kappa shape index (κ1) is 30.3. The molecule has 0 aliphatic carbocycles. The number of rotatable bonds is 6. The van der Waals surface area contributed by atoms with Crippen LogP contribution in [0.3, 0.4) is 0 Å². The molecular weight excluding hydrogens is 667 g/mol. The van der Waals surface area contributed by atoms with E-state index >= 15 is 0 Å². The highest BCUT2D eigenvalue weighted by atomic mass is 32.1. The Morgan fingerprint density at radius 3 is 2.41 bits per heavy atom. The molecule has 0 bridgehead atoms. The molecule has 0 saturated heterocycles. The number of hydrogen-bond acceptors (Lipinski definition) is 10. The molecule has 9 rings (SSSR count). The summed E-state index contributed by atoms with van der Waals surface area (Å²) in [5.41, 5.74) is 2.94. The second-order valence-electron chi connectivity index (χ2n) is 11.8. The van der Waals surface area contributed by atoms with Gasteiger partial charge in [-0.2, -0.15) is 9.78 Å². The number of carbonyl (C=O) groups is 1. The van der Waals surface area contributed by atoms with Gasteiger partial charge in [0.25, 0.3) is 5.56 Å². The molecule has 51 heavy (non-hydrogen) atoms. The standard InChI is InChI=1S/C38H25N7O5S/c1-3-49-37(48)33-42-45(23-10-5-4-6-11-23)38-40-30-31(41-44(32(30)35(46)43(33)38)24-16-13-21(2)14-17-24)34-39-28(20-51-34)27-19-26-25-12-8-7-9-22(25)15-18-29(26)50-36(27)47/h4-20H,3H2,1-2H3. The highest BCUT2D eigenvalue weighted by molar-refractivity contribution is 7.13. The minimum Gasteiger partial charge on any atom is -0.460 e. The first-order valence-electron chi connectivity index (χ1n) is 16.1. The van der Waals surface area contributed by atoms with E-state index in [0.717, 1.165) is 26.1 Å². The van der Waals surface area contributed by atoms with Crippen LogP contribution in [0.4, 0.5) is 0 Å². The number of aromatic nitrogens is 7. The largest absolute Gasteiger partial charge is 0.460 e. The number of benzene rings is 4. The average Bonchev–Trinajstić information content (AvgIpc) is 3.89. The molecule has 0 fully saturated rings. The van der Waals surface area contributed by atoms with E-state index in [0.29, 0.717) is 38.9 Å². The summed E-state index contributed by atoms with van der Waals surface area (Å²) in [5, 5.41) is 14.3. The topological polar surface area (TPSA) is 139 Å². The summed E-state index contributed by atoms with van der Waals surface area (Å²) in [5.74, 6) is -0.903. The van der Waals surface area contributed by atoms with Crippen molar-refractivity contribution in [1.82, 2.24) is 33.9 Å². The smallest absolute Gasteiger partial charge is 0.376 e. The van der Waals surface area contributed by atoms with Gasteiger partial charge >= 0.3 is 11.6 Å². The fourth-order valence-electron chi connectivity index (χ4n) is 6.21. The minimum atomic E-state index is -0.770. The van der Waals surface area contributed by atoms with Gasteiger partial charge in [0.2, 0.25) is 11.6 Å². The molecule has 0 amide bonds. The molecule has 0 radical (unpaired) electrons. The SMILES string of the molecule is CCOC(=O)c1nn(-c2ccccc2)c2nc3c(-c4nc(-c5cc6c(ccc7ccccc76)oc5=O)cs4)nn(-c4ccc(C)cc4)c3c(=O)n12. The van der Waals surface area contributed by atoms with Crippen molar-refractivity contribution in [1.29, 1.82) is 0 Å². The zero-order valence-corrected chi connectivity index (χ0v) is 27.9. The molecule has 9 aromatic rings. The molecule has 248 valence electrons. The number of carbonyl (C=O) groups excluding carboxylic acids is 1. The van der Waals surface area contributed by atoms with Crippen molar-refractivity contribution in [3.63, 3.8) is 0 Å². The third kappa shape index (κ3) is 4.85. The van der Waals surface area contributed by atoms with Gasteiger partial charge in [-0.15, -0.1) is 16.4 Å². The van der Waals surface area contributed by atoms with Crippen molar-refractivity contribution >= 4 is 55.9 Å². The summed E-state index contributed by atoms with van der Waals surface area (Å²) < 4.78 is 15.1. The Morgan fingerprint density at radius 1 is 0.843 bits per heavy atom. The first-order valence-corrected chi connectivity index (χ1v) is 16.9. The van der Waals surface area contributed by atoms with Gasteiger partial charge in [-0.3, -0.25) is 4.79 Å². The van der Waals surface area contributed by atoms with Crippen LogP contribution < -0.4 is 11.2 Å². The maximum absolute atomic E-state index is 14.6. The van der Waals surface area contributed by atoms with Gasteiger partial charge in [0.1, 0.15) is 21.8 Å². The normalized spacial score (nSPS) is 11.6. The number of aryl methyl sites for hydroxylation is 1. The van der Waals surface area contributed by atoms with Crippen LogP contribution in [-0.4, -0.2) is 46.5 Å². The van der Waals surface area contributed by atoms with Crippen LogP contribution in [0.1, 0.15) is 23.1 Å². The van der Waals surface area contributed by atoms with E-state index in [-0.39, 0.29) is 29.2 Å². The molecule has 5 aromatic heterocycles. The van der Waals surface area contributed by atoms with Crippen LogP contribution in [0.15, 0.2) is 116 Å². The quantitative estimate of drug-likeness (QED) is 0.105. The lowest BCUT2D eigenvalue weighted by atomic mass is 10.0. The predicted octanol–water partition coefficient (Wildman–Crippen LogP) is 6.75. The van der Waals surface area contributed by atoms with E-state index in [1.807, 2.05) is 79.7 Å². The third-order valence-corrected chi connectivity index (χ3v) is 9.48. The molecule has 0 spiro atoms. The Morgan fingerprint density at radius 2 is 1.61 bits per heavy atom. The lowest BCUT2D eigenvalue weighted by Gasteiger charge is -2.05. The molecule has 0 aliphatic heterocycles. The highest BCUT2D eigenvalue weighted by Gasteiger charge is 2.28. The Balaban J connectivity index is 1.30. The second kappa shape index (κ2) is 11.7. The van der Waals surface area contributed by atoms with Crippen molar-refractivity contribution in [3.8, 4) is 33.3 Å². The maximum atomic E-state index is 14.6. The van der Waals surface area contributed by atoms with E-state index in [1.165, 1.54) is 20.7 Å². The summed E-state index contributed by atoms with van der Waals surface area (Å²) in [6.45, 7) is 3.73. The maximum Gasteiger partial charge on any atom is 0.376 e. The van der Waals surface area contributed by atoms with Gasteiger partial charge in [-0.25, -0.2) is 28.6 Å². The van der Waals surface area contributed by atoms with Gasteiger partial charge in [-0.1, -0.05) is 66.2 Å². The number of para-hydroxylation sites is 1. The van der Waals surface area contributed by atoms with Crippen molar-refractivity contribution in [2.24, 2.45) is 0 Å². The Bertz CT molecular complexity index is 2960. The second-order valence-corrected chi connectivity index (χ2v) is 12.7. The molecule has 0 unspecified atom stereocenters. The van der Waals surface area contributed by atoms with Crippen molar-refractivity contribution in [2.45, 2.75) is 13.8 Å². The van der Waals surface area contributed by atoms with Gasteiger partial charge in [0, 0.05) is 10.8 Å². The Labute approximate surface area is 291 Å². The minimum absolute atomic E-state index is 0.0882. The number of nitrogens with zero attached hydrogens (tertiary/aromatic N) is 7. The highest BCUT2D eigenvalue weighted by Crippen LogP contribution is 2.34. The zero-order chi connectivity index (χ0) is 34.8. The summed E-state index contributed by atoms with van der Waals surface area (Å²) in [7, 11) is 0. The number of esters is 1. The van der Waals surface area contributed by atoms with Crippen LogP contribution in [0, 0.1) is 6.92 Å². The molecular formula is C38H25N7O5S. The van der Waals surface area contributed by atoms with E-state index in [1.54, 1.807) is 36.6 Å². The fraction of sp³-hybridized carbons (Fsp3) is 0.0789. The number of hydrogen-bond donors (Lipinski definition) is 0. The Hall–Kier alpha value is -6.73. The van der Waals surface area contributed by atoms with Crippen molar-refractivity contribution in [2.75, 3.05) is 6.61 Å². The molecule has 4 aromatic carbocycles. The van der Waals surface area contributed by atoms with Crippen molar-refractivity contribution in [3.05, 3.63) is 135 Å². The zero-order valence-electron chi connectivity index (χ0n) is 27.1. The summed E-state index contributed by atoms with van der Waals surface area (Å²) in [6.07, 6.45) is 0. The van der Waals surface area contributed by atoms with E-state index in [4.69, 9.17) is 24.2 Å². The predicted molar refractivity (Wildman–Crippen MR) is 194 cm³/mol. The lowest BCUT2D eigenvalue weighted by Crippen LogP contribution is -2.22. The average molecular weight is 692 g/mol. The van der Waals surface area contributed by atoms with Crippen LogP contribution in [0.5, 0.6) is 0 Å². The fourth-order valence-corrected chi connectivity index (χ4v) is 7.02. The Kier molecular flexibility index (Phi) is 6.96. The van der Waals surface area contributed by atoms with E-state index < -0.39 is 17.2 Å². The third-order valence-electron chi connectivity index (χ3n) is 8.64. The van der Waals surface area contributed by atoms with Crippen LogP contribution in [0.25, 0.3) is 71.9 Å². The summed E-state index contributed by atoms with van der Waals surface area (Å²) >= 11 is 1.26. The molecule has 13 heteroatoms. The van der Waals surface area contributed by atoms with Crippen LogP contribution in [-0.2, 0) is 4.74 Å². The summed E-state index contributed by atoms with van der Waals surface area (Å²) in [4.78, 5) is 50.9. The number of ether oxygens (including phenoxy) is 1. The monoisotopic (exact) mass is 691 g/mol. The van der Waals surface area contributed by atoms with Gasteiger partial charge in [0.15, 0.2) is 5.52 Å². The van der Waals surface area contributed by atoms with Crippen molar-refractivity contribution < 1.29 is 13.9 Å². The molecule has 5 heterocycles. The van der Waals surface area contributed by atoms with Crippen LogP contribution >= 0.6 is 11.3 Å². The molecule has 12 nitrogen and oxygen atoms in total. The van der Waals surface area contributed by atoms with Gasteiger partial charge in [-0.05, 0) is 61.0 Å². The van der Waals surface area contributed by atoms with E-state index in [2.05, 4.69) is 5.10 Å². The van der Waals surface area contributed by atoms with Crippen LogP contribution in [0.2, 0.25) is 0 Å². The van der Waals surface area contributed by atoms with Gasteiger partial charge < -0.3 is 9.15 Å². The molecule has 0 atom stereocenters. The van der Waals surface area contributed by atoms with Gasteiger partial charge in [0.05, 0.1) is 29.2 Å². The molecule has 0 saturated carbocycles. The lowest BCUT2D eigenvalue weighted by molar-refractivity contribution is 0.0509.